The van der Waals surface area contributed by atoms with E-state index in [2.05, 4.69) is 0 Å². The maximum atomic E-state index is 12.9. The van der Waals surface area contributed by atoms with E-state index >= 15 is 0 Å². The summed E-state index contributed by atoms with van der Waals surface area (Å²) in [5, 5.41) is 3.68. The van der Waals surface area contributed by atoms with Crippen molar-refractivity contribution in [3.05, 3.63) is 10.8 Å². The second-order valence-corrected chi connectivity index (χ2v) is 6.58. The number of hydrogen-bond donors (Lipinski definition) is 1. The van der Waals surface area contributed by atoms with Gasteiger partial charge in [0.15, 0.2) is 17.6 Å². The van der Waals surface area contributed by atoms with Gasteiger partial charge in [-0.15, -0.1) is 11.3 Å². The van der Waals surface area contributed by atoms with Gasteiger partial charge in [-0.2, -0.15) is 8.42 Å². The summed E-state index contributed by atoms with van der Waals surface area (Å²) in [6, 6.07) is 0. The Hall–Kier alpha value is 0.1000. The van der Waals surface area contributed by atoms with E-state index in [0.29, 0.717) is 12.4 Å². The first-order chi connectivity index (χ1) is 9.47. The van der Waals surface area contributed by atoms with Crippen LogP contribution in [0.5, 0.6) is 11.5 Å². The summed E-state index contributed by atoms with van der Waals surface area (Å²) in [6.45, 7) is 0.838. The smallest absolute Gasteiger partial charge is 0.297 e. The molecule has 21 heavy (non-hydrogen) atoms. The molecule has 2 unspecified atom stereocenters. The molecule has 0 amide bonds. The standard InChI is InChI=1S/C11H15FO6S2.Na/c12-11(20(13,14)15)2-1-3-16-4-8-5-17-9-6-19-7-10(9)18-8;/h6-8,11H,1-5H2,(H,13,14,15);. The zero-order chi connectivity index (χ0) is 14.6. The minimum absolute atomic E-state index is 0. The number of hydrogen-bond acceptors (Lipinski definition) is 6. The van der Waals surface area contributed by atoms with Gasteiger partial charge in [0.1, 0.15) is 6.61 Å². The molecule has 0 saturated carbocycles. The van der Waals surface area contributed by atoms with Gasteiger partial charge in [-0.3, -0.25) is 4.55 Å². The van der Waals surface area contributed by atoms with E-state index in [-0.39, 0.29) is 61.7 Å². The van der Waals surface area contributed by atoms with Crippen LogP contribution in [0.3, 0.4) is 0 Å². The van der Waals surface area contributed by atoms with E-state index in [9.17, 15) is 12.8 Å². The Kier molecular flexibility index (Phi) is 7.90. The summed E-state index contributed by atoms with van der Waals surface area (Å²) >= 11 is 1.48. The number of rotatable bonds is 7. The third kappa shape index (κ3) is 6.01. The average Bonchev–Trinajstić information content (AvgIpc) is 2.84. The van der Waals surface area contributed by atoms with Crippen LogP contribution in [0, 0.1) is 0 Å². The maximum Gasteiger partial charge on any atom is 0.297 e. The Morgan fingerprint density at radius 3 is 2.90 bits per heavy atom. The molecule has 115 valence electrons. The SMILES string of the molecule is O=S(=O)(O)C(F)CCCOCC1COc2cscc2O1.[Na]. The van der Waals surface area contributed by atoms with Crippen LogP contribution in [0.2, 0.25) is 0 Å². The molecule has 1 N–H and O–H groups in total. The molecule has 2 atom stereocenters. The fourth-order valence-electron chi connectivity index (χ4n) is 1.65. The van der Waals surface area contributed by atoms with Crippen molar-refractivity contribution in [3.63, 3.8) is 0 Å². The van der Waals surface area contributed by atoms with E-state index < -0.39 is 15.6 Å². The van der Waals surface area contributed by atoms with Crippen molar-refractivity contribution in [2.75, 3.05) is 19.8 Å². The molecule has 0 saturated heterocycles. The normalized spacial score (nSPS) is 18.9. The summed E-state index contributed by atoms with van der Waals surface area (Å²) < 4.78 is 58.5. The van der Waals surface area contributed by atoms with Crippen molar-refractivity contribution in [1.82, 2.24) is 0 Å². The van der Waals surface area contributed by atoms with Crippen molar-refractivity contribution >= 4 is 51.0 Å². The number of halogens is 1. The topological polar surface area (TPSA) is 82.1 Å². The van der Waals surface area contributed by atoms with E-state index in [4.69, 9.17) is 18.8 Å². The second-order valence-electron chi connectivity index (χ2n) is 4.29. The molecule has 1 aliphatic rings. The van der Waals surface area contributed by atoms with Crippen LogP contribution in [-0.2, 0) is 14.9 Å². The molecule has 2 rings (SSSR count). The third-order valence-corrected chi connectivity index (χ3v) is 4.24. The minimum atomic E-state index is -4.60. The Bertz CT molecular complexity index is 535. The summed E-state index contributed by atoms with van der Waals surface area (Å²) in [5.41, 5.74) is -2.26. The zero-order valence-corrected chi connectivity index (χ0v) is 15.2. The molecule has 0 fully saturated rings. The van der Waals surface area contributed by atoms with Crippen LogP contribution < -0.4 is 9.47 Å². The number of thiophene rings is 1. The number of ether oxygens (including phenoxy) is 3. The first-order valence-corrected chi connectivity index (χ1v) is 8.45. The molecule has 0 aliphatic carbocycles. The van der Waals surface area contributed by atoms with E-state index in [0.717, 1.165) is 5.75 Å². The van der Waals surface area contributed by atoms with Gasteiger partial charge in [-0.05, 0) is 12.8 Å². The monoisotopic (exact) mass is 349 g/mol. The van der Waals surface area contributed by atoms with Gasteiger partial charge in [0.2, 0.25) is 5.50 Å². The van der Waals surface area contributed by atoms with Gasteiger partial charge in [0.05, 0.1) is 6.61 Å². The third-order valence-electron chi connectivity index (χ3n) is 2.66. The van der Waals surface area contributed by atoms with Gasteiger partial charge in [0.25, 0.3) is 10.1 Å². The molecule has 0 aromatic carbocycles. The molecule has 6 nitrogen and oxygen atoms in total. The van der Waals surface area contributed by atoms with E-state index in [1.54, 1.807) is 0 Å². The van der Waals surface area contributed by atoms with Crippen LogP contribution in [0.1, 0.15) is 12.8 Å². The Labute approximate surface area is 148 Å². The molecule has 0 spiro atoms. The Morgan fingerprint density at radius 2 is 2.19 bits per heavy atom. The average molecular weight is 349 g/mol. The maximum absolute atomic E-state index is 12.9. The molecule has 0 bridgehead atoms. The largest absolute Gasteiger partial charge is 0.485 e. The fourth-order valence-corrected chi connectivity index (χ4v) is 2.79. The summed E-state index contributed by atoms with van der Waals surface area (Å²) in [7, 11) is -4.60. The Morgan fingerprint density at radius 1 is 1.48 bits per heavy atom. The molecular weight excluding hydrogens is 334 g/mol. The Balaban J connectivity index is 0.00000220. The van der Waals surface area contributed by atoms with Gasteiger partial charge in [-0.25, -0.2) is 4.39 Å². The van der Waals surface area contributed by atoms with Crippen LogP contribution in [0.25, 0.3) is 0 Å². The van der Waals surface area contributed by atoms with Gasteiger partial charge in [0, 0.05) is 46.9 Å². The molecule has 1 radical (unpaired) electrons. The van der Waals surface area contributed by atoms with Crippen LogP contribution in [0.4, 0.5) is 4.39 Å². The van der Waals surface area contributed by atoms with Crippen molar-refractivity contribution < 1.29 is 31.6 Å². The number of fused-ring (bicyclic) bond motifs is 1. The first-order valence-electron chi connectivity index (χ1n) is 6.00. The molecule has 1 aromatic rings. The predicted molar refractivity (Wildman–Crippen MR) is 76.5 cm³/mol. The fraction of sp³-hybridized carbons (Fsp3) is 0.636. The molecule has 1 aliphatic heterocycles. The predicted octanol–water partition coefficient (Wildman–Crippen LogP) is 1.49. The van der Waals surface area contributed by atoms with E-state index in [1.807, 2.05) is 10.8 Å². The zero-order valence-electron chi connectivity index (χ0n) is 11.5. The summed E-state index contributed by atoms with van der Waals surface area (Å²) in [6.07, 6.45) is -0.340. The molecule has 2 heterocycles. The summed E-state index contributed by atoms with van der Waals surface area (Å²) in [5.74, 6) is 1.41. The van der Waals surface area contributed by atoms with Crippen molar-refractivity contribution in [2.45, 2.75) is 24.4 Å². The van der Waals surface area contributed by atoms with Gasteiger partial charge >= 0.3 is 0 Å². The summed E-state index contributed by atoms with van der Waals surface area (Å²) in [4.78, 5) is 0. The van der Waals surface area contributed by atoms with Gasteiger partial charge in [-0.1, -0.05) is 0 Å². The second kappa shape index (κ2) is 8.66. The van der Waals surface area contributed by atoms with E-state index in [1.165, 1.54) is 11.3 Å². The van der Waals surface area contributed by atoms with Gasteiger partial charge < -0.3 is 14.2 Å². The molecule has 10 heteroatoms. The van der Waals surface area contributed by atoms with Crippen LogP contribution >= 0.6 is 11.3 Å². The minimum Gasteiger partial charge on any atom is -0.485 e. The van der Waals surface area contributed by atoms with Crippen molar-refractivity contribution in [3.8, 4) is 11.5 Å². The quantitative estimate of drug-likeness (QED) is 0.456. The van der Waals surface area contributed by atoms with Crippen molar-refractivity contribution in [1.29, 1.82) is 0 Å². The first kappa shape index (κ1) is 19.1. The molecule has 1 aromatic heterocycles. The number of alkyl halides is 1. The van der Waals surface area contributed by atoms with Crippen LogP contribution in [-0.4, -0.2) is 74.0 Å². The van der Waals surface area contributed by atoms with Crippen molar-refractivity contribution in [2.24, 2.45) is 0 Å². The van der Waals surface area contributed by atoms with Crippen LogP contribution in [0.15, 0.2) is 10.8 Å². The molecular formula is C11H15FNaO6S2.